The van der Waals surface area contributed by atoms with Gasteiger partial charge in [-0.25, -0.2) is 4.98 Å². The molecule has 3 rings (SSSR count). The molecule has 3 heterocycles. The van der Waals surface area contributed by atoms with Gasteiger partial charge in [-0.3, -0.25) is 9.59 Å². The molecule has 1 atom stereocenters. The van der Waals surface area contributed by atoms with E-state index in [4.69, 9.17) is 0 Å². The van der Waals surface area contributed by atoms with Gasteiger partial charge in [0, 0.05) is 37.1 Å². The molecule has 0 aromatic carbocycles. The number of amides is 1. The summed E-state index contributed by atoms with van der Waals surface area (Å²) in [7, 11) is 0. The number of pyridine rings is 2. The van der Waals surface area contributed by atoms with E-state index in [1.807, 2.05) is 18.2 Å². The van der Waals surface area contributed by atoms with Crippen molar-refractivity contribution in [3.8, 4) is 0 Å². The zero-order valence-corrected chi connectivity index (χ0v) is 12.4. The predicted octanol–water partition coefficient (Wildman–Crippen LogP) is 1.09. The highest BCUT2D eigenvalue weighted by molar-refractivity contribution is 5.95. The van der Waals surface area contributed by atoms with Crippen molar-refractivity contribution in [2.75, 3.05) is 18.0 Å². The Hall–Kier alpha value is -2.63. The topological polar surface area (TPSA) is 78.1 Å². The van der Waals surface area contributed by atoms with E-state index in [0.29, 0.717) is 11.3 Å². The van der Waals surface area contributed by atoms with E-state index in [0.717, 1.165) is 25.3 Å². The Morgan fingerprint density at radius 2 is 2.23 bits per heavy atom. The first-order chi connectivity index (χ1) is 10.6. The summed E-state index contributed by atoms with van der Waals surface area (Å²) in [5.74, 6) is 0.779. The standard InChI is InChI=1S/C16H18N4O2/c1-11-13(5-6-15(21)18-11)16(22)19-12-7-9-20(10-12)14-4-2-3-8-17-14/h2-6,8,12H,7,9-10H2,1H3,(H,18,21)(H,19,22). The van der Waals surface area contributed by atoms with Crippen LogP contribution in [0.25, 0.3) is 0 Å². The summed E-state index contributed by atoms with van der Waals surface area (Å²) in [4.78, 5) is 32.6. The molecule has 0 radical (unpaired) electrons. The first-order valence-electron chi connectivity index (χ1n) is 7.30. The van der Waals surface area contributed by atoms with Crippen molar-refractivity contribution >= 4 is 11.7 Å². The first kappa shape index (κ1) is 14.3. The lowest BCUT2D eigenvalue weighted by molar-refractivity contribution is 0.0939. The van der Waals surface area contributed by atoms with Gasteiger partial charge in [-0.1, -0.05) is 6.07 Å². The van der Waals surface area contributed by atoms with Gasteiger partial charge in [0.1, 0.15) is 5.82 Å². The zero-order valence-electron chi connectivity index (χ0n) is 12.4. The second-order valence-electron chi connectivity index (χ2n) is 5.45. The van der Waals surface area contributed by atoms with Gasteiger partial charge in [-0.15, -0.1) is 0 Å². The highest BCUT2D eigenvalue weighted by Crippen LogP contribution is 2.17. The van der Waals surface area contributed by atoms with Gasteiger partial charge in [-0.2, -0.15) is 0 Å². The maximum absolute atomic E-state index is 12.3. The van der Waals surface area contributed by atoms with Crippen LogP contribution in [0.5, 0.6) is 0 Å². The van der Waals surface area contributed by atoms with Gasteiger partial charge < -0.3 is 15.2 Å². The minimum absolute atomic E-state index is 0.0841. The molecule has 1 fully saturated rings. The summed E-state index contributed by atoms with van der Waals surface area (Å²) in [6.07, 6.45) is 2.65. The number of hydrogen-bond donors (Lipinski definition) is 2. The van der Waals surface area contributed by atoms with Crippen LogP contribution in [0.4, 0.5) is 5.82 Å². The smallest absolute Gasteiger partial charge is 0.253 e. The molecule has 2 aromatic rings. The third-order valence-corrected chi connectivity index (χ3v) is 3.86. The largest absolute Gasteiger partial charge is 0.354 e. The fourth-order valence-electron chi connectivity index (χ4n) is 2.71. The quantitative estimate of drug-likeness (QED) is 0.889. The van der Waals surface area contributed by atoms with Crippen molar-refractivity contribution < 1.29 is 4.79 Å². The van der Waals surface area contributed by atoms with E-state index in [9.17, 15) is 9.59 Å². The van der Waals surface area contributed by atoms with E-state index < -0.39 is 0 Å². The molecule has 22 heavy (non-hydrogen) atoms. The van der Waals surface area contributed by atoms with E-state index >= 15 is 0 Å². The molecule has 114 valence electrons. The van der Waals surface area contributed by atoms with E-state index in [-0.39, 0.29) is 17.5 Å². The number of aryl methyl sites for hydroxylation is 1. The van der Waals surface area contributed by atoms with Crippen LogP contribution in [0, 0.1) is 6.92 Å². The lowest BCUT2D eigenvalue weighted by Crippen LogP contribution is -2.37. The van der Waals surface area contributed by atoms with E-state index in [1.165, 1.54) is 6.07 Å². The molecular weight excluding hydrogens is 280 g/mol. The molecule has 0 saturated carbocycles. The molecule has 0 spiro atoms. The van der Waals surface area contributed by atoms with Gasteiger partial charge >= 0.3 is 0 Å². The number of aromatic amines is 1. The molecule has 1 aliphatic rings. The predicted molar refractivity (Wildman–Crippen MR) is 84.1 cm³/mol. The van der Waals surface area contributed by atoms with Crippen molar-refractivity contribution in [1.29, 1.82) is 0 Å². The van der Waals surface area contributed by atoms with Crippen LogP contribution in [0.3, 0.4) is 0 Å². The molecule has 2 aromatic heterocycles. The van der Waals surface area contributed by atoms with Crippen molar-refractivity contribution in [2.24, 2.45) is 0 Å². The maximum atomic E-state index is 12.3. The monoisotopic (exact) mass is 298 g/mol. The number of rotatable bonds is 3. The Labute approximate surface area is 128 Å². The van der Waals surface area contributed by atoms with Gasteiger partial charge in [0.05, 0.1) is 5.56 Å². The lowest BCUT2D eigenvalue weighted by Gasteiger charge is -2.18. The summed E-state index contributed by atoms with van der Waals surface area (Å²) in [5.41, 5.74) is 0.900. The van der Waals surface area contributed by atoms with Gasteiger partial charge in [0.15, 0.2) is 0 Å². The van der Waals surface area contributed by atoms with Crippen molar-refractivity contribution in [2.45, 2.75) is 19.4 Å². The minimum atomic E-state index is -0.198. The van der Waals surface area contributed by atoms with Crippen LogP contribution in [0.2, 0.25) is 0 Å². The SMILES string of the molecule is Cc1[nH]c(=O)ccc1C(=O)NC1CCN(c2ccccn2)C1. The Kier molecular flexibility index (Phi) is 3.91. The van der Waals surface area contributed by atoms with Crippen LogP contribution >= 0.6 is 0 Å². The zero-order chi connectivity index (χ0) is 15.5. The van der Waals surface area contributed by atoms with Crippen molar-refractivity contribution in [1.82, 2.24) is 15.3 Å². The third kappa shape index (κ3) is 3.00. The molecule has 6 nitrogen and oxygen atoms in total. The fourth-order valence-corrected chi connectivity index (χ4v) is 2.71. The van der Waals surface area contributed by atoms with Crippen molar-refractivity contribution in [3.05, 3.63) is 58.1 Å². The van der Waals surface area contributed by atoms with Crippen LogP contribution in [-0.4, -0.2) is 35.0 Å². The maximum Gasteiger partial charge on any atom is 0.253 e. The van der Waals surface area contributed by atoms with Gasteiger partial charge in [0.2, 0.25) is 5.56 Å². The average molecular weight is 298 g/mol. The molecule has 1 saturated heterocycles. The summed E-state index contributed by atoms with van der Waals surface area (Å²) in [5, 5.41) is 3.02. The highest BCUT2D eigenvalue weighted by atomic mass is 16.2. The summed E-state index contributed by atoms with van der Waals surface area (Å²) < 4.78 is 0. The molecule has 0 bridgehead atoms. The van der Waals surface area contributed by atoms with Crippen LogP contribution in [-0.2, 0) is 0 Å². The number of nitrogens with one attached hydrogen (secondary N) is 2. The number of H-pyrrole nitrogens is 1. The number of hydrogen-bond acceptors (Lipinski definition) is 4. The Morgan fingerprint density at radius 1 is 1.36 bits per heavy atom. The van der Waals surface area contributed by atoms with Gasteiger partial charge in [0.25, 0.3) is 5.91 Å². The number of carbonyl (C=O) groups is 1. The Bertz CT molecular complexity index is 726. The molecule has 0 aliphatic carbocycles. The third-order valence-electron chi connectivity index (χ3n) is 3.86. The molecule has 6 heteroatoms. The molecule has 1 unspecified atom stereocenters. The number of aromatic nitrogens is 2. The number of anilines is 1. The van der Waals surface area contributed by atoms with Crippen molar-refractivity contribution in [3.63, 3.8) is 0 Å². The second kappa shape index (κ2) is 6.01. The summed E-state index contributed by atoms with van der Waals surface area (Å²) in [6, 6.07) is 8.83. The fraction of sp³-hybridized carbons (Fsp3) is 0.312. The van der Waals surface area contributed by atoms with E-state index in [1.54, 1.807) is 19.2 Å². The van der Waals surface area contributed by atoms with E-state index in [2.05, 4.69) is 20.2 Å². The first-order valence-corrected chi connectivity index (χ1v) is 7.30. The summed E-state index contributed by atoms with van der Waals surface area (Å²) in [6.45, 7) is 3.34. The highest BCUT2D eigenvalue weighted by Gasteiger charge is 2.25. The summed E-state index contributed by atoms with van der Waals surface area (Å²) >= 11 is 0. The Balaban J connectivity index is 1.65. The van der Waals surface area contributed by atoms with Gasteiger partial charge in [-0.05, 0) is 31.5 Å². The lowest BCUT2D eigenvalue weighted by atomic mass is 10.1. The molecule has 1 amide bonds. The van der Waals surface area contributed by atoms with Crippen LogP contribution in [0.1, 0.15) is 22.5 Å². The molecule has 1 aliphatic heterocycles. The van der Waals surface area contributed by atoms with Crippen LogP contribution in [0.15, 0.2) is 41.3 Å². The number of carbonyl (C=O) groups excluding carboxylic acids is 1. The van der Waals surface area contributed by atoms with Crippen LogP contribution < -0.4 is 15.8 Å². The Morgan fingerprint density at radius 3 is 2.95 bits per heavy atom. The minimum Gasteiger partial charge on any atom is -0.354 e. The second-order valence-corrected chi connectivity index (χ2v) is 5.45. The normalized spacial score (nSPS) is 17.5. The molecular formula is C16H18N4O2. The number of nitrogens with zero attached hydrogens (tertiary/aromatic N) is 2. The average Bonchev–Trinajstić information content (AvgIpc) is 2.96. The molecule has 2 N–H and O–H groups in total.